The van der Waals surface area contributed by atoms with Crippen molar-refractivity contribution in [2.75, 3.05) is 33.3 Å². The summed E-state index contributed by atoms with van der Waals surface area (Å²) in [5.41, 5.74) is 1.23. The van der Waals surface area contributed by atoms with E-state index in [-0.39, 0.29) is 0 Å². The molecule has 1 atom stereocenters. The van der Waals surface area contributed by atoms with Gasteiger partial charge in [-0.1, -0.05) is 22.0 Å². The zero-order valence-electron chi connectivity index (χ0n) is 11.4. The third kappa shape index (κ3) is 3.59. The van der Waals surface area contributed by atoms with Gasteiger partial charge in [0, 0.05) is 42.3 Å². The van der Waals surface area contributed by atoms with Crippen LogP contribution in [0.1, 0.15) is 18.0 Å². The minimum Gasteiger partial charge on any atom is -0.496 e. The summed E-state index contributed by atoms with van der Waals surface area (Å²) in [5.74, 6) is 0.952. The highest BCUT2D eigenvalue weighted by atomic mass is 79.9. The molecule has 4 heteroatoms. The number of nitrogens with zero attached hydrogens (tertiary/aromatic N) is 1. The van der Waals surface area contributed by atoms with Gasteiger partial charge in [0.2, 0.25) is 0 Å². The van der Waals surface area contributed by atoms with Gasteiger partial charge < -0.3 is 10.1 Å². The molecule has 1 heterocycles. The van der Waals surface area contributed by atoms with E-state index in [9.17, 15) is 0 Å². The molecule has 0 saturated carbocycles. The first kappa shape index (κ1) is 14.6. The number of hydrogen-bond donors (Lipinski definition) is 1. The van der Waals surface area contributed by atoms with Crippen molar-refractivity contribution >= 4 is 15.9 Å². The molecular formula is C15H21BrN2O. The maximum atomic E-state index is 5.52. The molecule has 0 radical (unpaired) electrons. The van der Waals surface area contributed by atoms with Crippen molar-refractivity contribution in [1.29, 1.82) is 0 Å². The largest absolute Gasteiger partial charge is 0.496 e. The van der Waals surface area contributed by atoms with Crippen molar-refractivity contribution in [2.45, 2.75) is 12.5 Å². The molecule has 0 bridgehead atoms. The number of methoxy groups -OCH3 is 1. The van der Waals surface area contributed by atoms with Gasteiger partial charge in [-0.05, 0) is 24.6 Å². The van der Waals surface area contributed by atoms with Gasteiger partial charge in [0.25, 0.3) is 0 Å². The van der Waals surface area contributed by atoms with E-state index in [1.807, 2.05) is 18.2 Å². The standard InChI is InChI=1S/C15H21BrN2O/c1-3-4-14(18-9-7-17-8-10-18)13-11-12(16)5-6-15(13)19-2/h3,5-6,11,14,17H,1,4,7-10H2,2H3/t14-/m1/s1. The molecule has 0 aromatic heterocycles. The molecule has 0 amide bonds. The first-order valence-corrected chi connectivity index (χ1v) is 7.44. The molecule has 1 aromatic carbocycles. The van der Waals surface area contributed by atoms with Crippen molar-refractivity contribution in [3.63, 3.8) is 0 Å². The van der Waals surface area contributed by atoms with Crippen LogP contribution in [0.4, 0.5) is 0 Å². The Hall–Kier alpha value is -0.840. The van der Waals surface area contributed by atoms with E-state index < -0.39 is 0 Å². The molecule has 1 fully saturated rings. The Morgan fingerprint density at radius 2 is 2.21 bits per heavy atom. The Labute approximate surface area is 123 Å². The summed E-state index contributed by atoms with van der Waals surface area (Å²) in [6.45, 7) is 8.12. The molecule has 104 valence electrons. The maximum Gasteiger partial charge on any atom is 0.123 e. The molecule has 2 rings (SSSR count). The zero-order chi connectivity index (χ0) is 13.7. The summed E-state index contributed by atoms with van der Waals surface area (Å²) in [4.78, 5) is 2.50. The van der Waals surface area contributed by atoms with Crippen molar-refractivity contribution in [1.82, 2.24) is 10.2 Å². The highest BCUT2D eigenvalue weighted by Crippen LogP contribution is 2.34. The Morgan fingerprint density at radius 1 is 1.47 bits per heavy atom. The second-order valence-electron chi connectivity index (χ2n) is 4.71. The topological polar surface area (TPSA) is 24.5 Å². The van der Waals surface area contributed by atoms with Gasteiger partial charge >= 0.3 is 0 Å². The van der Waals surface area contributed by atoms with Crippen molar-refractivity contribution in [3.05, 3.63) is 40.9 Å². The molecule has 1 aromatic rings. The summed E-state index contributed by atoms with van der Waals surface area (Å²) in [7, 11) is 1.73. The predicted molar refractivity (Wildman–Crippen MR) is 82.7 cm³/mol. The lowest BCUT2D eigenvalue weighted by atomic mass is 10.00. The summed E-state index contributed by atoms with van der Waals surface area (Å²) in [6, 6.07) is 6.55. The normalized spacial score (nSPS) is 18.0. The molecule has 3 nitrogen and oxygen atoms in total. The molecule has 1 aliphatic heterocycles. The number of rotatable bonds is 5. The first-order chi connectivity index (χ1) is 9.26. The summed E-state index contributed by atoms with van der Waals surface area (Å²) >= 11 is 3.56. The monoisotopic (exact) mass is 324 g/mol. The second kappa shape index (κ2) is 7.08. The number of benzene rings is 1. The van der Waals surface area contributed by atoms with Gasteiger partial charge in [0.1, 0.15) is 5.75 Å². The highest BCUT2D eigenvalue weighted by Gasteiger charge is 2.23. The second-order valence-corrected chi connectivity index (χ2v) is 5.63. The van der Waals surface area contributed by atoms with Gasteiger partial charge in [-0.2, -0.15) is 0 Å². The van der Waals surface area contributed by atoms with E-state index in [0.717, 1.165) is 42.8 Å². The van der Waals surface area contributed by atoms with E-state index in [0.29, 0.717) is 6.04 Å². The number of piperazine rings is 1. The Kier molecular flexibility index (Phi) is 5.43. The van der Waals surface area contributed by atoms with E-state index in [2.05, 4.69) is 38.8 Å². The SMILES string of the molecule is C=CC[C@H](c1cc(Br)ccc1OC)N1CCNCC1. The summed E-state index contributed by atoms with van der Waals surface area (Å²) in [5, 5.41) is 3.40. The van der Waals surface area contributed by atoms with Crippen molar-refractivity contribution in [2.24, 2.45) is 0 Å². The van der Waals surface area contributed by atoms with Gasteiger partial charge in [0.05, 0.1) is 7.11 Å². The molecule has 19 heavy (non-hydrogen) atoms. The molecule has 1 N–H and O–H groups in total. The molecule has 0 aliphatic carbocycles. The third-order valence-corrected chi connectivity index (χ3v) is 4.03. The number of ether oxygens (including phenoxy) is 1. The molecule has 1 saturated heterocycles. The van der Waals surface area contributed by atoms with Crippen LogP contribution < -0.4 is 10.1 Å². The lowest BCUT2D eigenvalue weighted by Crippen LogP contribution is -2.45. The van der Waals surface area contributed by atoms with Crippen LogP contribution >= 0.6 is 15.9 Å². The molecule has 1 aliphatic rings. The Morgan fingerprint density at radius 3 is 2.84 bits per heavy atom. The minimum atomic E-state index is 0.340. The lowest BCUT2D eigenvalue weighted by molar-refractivity contribution is 0.171. The Balaban J connectivity index is 2.31. The van der Waals surface area contributed by atoms with Gasteiger partial charge in [0.15, 0.2) is 0 Å². The smallest absolute Gasteiger partial charge is 0.123 e. The highest BCUT2D eigenvalue weighted by molar-refractivity contribution is 9.10. The van der Waals surface area contributed by atoms with Crippen molar-refractivity contribution < 1.29 is 4.74 Å². The average Bonchev–Trinajstić information content (AvgIpc) is 2.45. The van der Waals surface area contributed by atoms with E-state index >= 15 is 0 Å². The van der Waals surface area contributed by atoms with Gasteiger partial charge in [-0.3, -0.25) is 4.90 Å². The van der Waals surface area contributed by atoms with Crippen LogP contribution in [0.3, 0.4) is 0 Å². The zero-order valence-corrected chi connectivity index (χ0v) is 12.9. The van der Waals surface area contributed by atoms with Gasteiger partial charge in [-0.15, -0.1) is 6.58 Å². The Bertz CT molecular complexity index is 430. The van der Waals surface area contributed by atoms with Crippen LogP contribution in [-0.4, -0.2) is 38.2 Å². The van der Waals surface area contributed by atoms with E-state index in [1.165, 1.54) is 5.56 Å². The number of halogens is 1. The average molecular weight is 325 g/mol. The third-order valence-electron chi connectivity index (χ3n) is 3.53. The van der Waals surface area contributed by atoms with E-state index in [1.54, 1.807) is 7.11 Å². The molecular weight excluding hydrogens is 304 g/mol. The maximum absolute atomic E-state index is 5.52. The van der Waals surface area contributed by atoms with Crippen LogP contribution in [0.2, 0.25) is 0 Å². The quantitative estimate of drug-likeness (QED) is 0.843. The lowest BCUT2D eigenvalue weighted by Gasteiger charge is -2.35. The first-order valence-electron chi connectivity index (χ1n) is 6.65. The van der Waals surface area contributed by atoms with Crippen LogP contribution in [0.5, 0.6) is 5.75 Å². The van der Waals surface area contributed by atoms with Crippen molar-refractivity contribution in [3.8, 4) is 5.75 Å². The number of nitrogens with one attached hydrogen (secondary N) is 1. The summed E-state index contributed by atoms with van der Waals surface area (Å²) < 4.78 is 6.61. The van der Waals surface area contributed by atoms with Gasteiger partial charge in [-0.25, -0.2) is 0 Å². The fourth-order valence-corrected chi connectivity index (χ4v) is 2.97. The summed E-state index contributed by atoms with van der Waals surface area (Å²) in [6.07, 6.45) is 2.93. The fourth-order valence-electron chi connectivity index (χ4n) is 2.59. The minimum absolute atomic E-state index is 0.340. The van der Waals surface area contributed by atoms with Crippen LogP contribution in [0.15, 0.2) is 35.3 Å². The van der Waals surface area contributed by atoms with E-state index in [4.69, 9.17) is 4.74 Å². The van der Waals surface area contributed by atoms with Crippen LogP contribution in [0.25, 0.3) is 0 Å². The van der Waals surface area contributed by atoms with Crippen LogP contribution in [0, 0.1) is 0 Å². The predicted octanol–water partition coefficient (Wildman–Crippen LogP) is 2.98. The van der Waals surface area contributed by atoms with Crippen LogP contribution in [-0.2, 0) is 0 Å². The number of hydrogen-bond acceptors (Lipinski definition) is 3. The fraction of sp³-hybridized carbons (Fsp3) is 0.467. The molecule has 0 unspecified atom stereocenters. The molecule has 0 spiro atoms.